The van der Waals surface area contributed by atoms with Crippen LogP contribution in [0.15, 0.2) is 246 Å². The van der Waals surface area contributed by atoms with Gasteiger partial charge in [-0.3, -0.25) is 0 Å². The van der Waals surface area contributed by atoms with Gasteiger partial charge in [0.2, 0.25) is 0 Å². The van der Waals surface area contributed by atoms with Gasteiger partial charge in [0.05, 0.1) is 11.0 Å². The monoisotopic (exact) mass is 789 g/mol. The van der Waals surface area contributed by atoms with Crippen LogP contribution in [0.4, 0.5) is 0 Å². The number of nitrogens with zero attached hydrogens (tertiary/aromatic N) is 1. The third-order valence-corrected chi connectivity index (χ3v) is 23.5. The van der Waals surface area contributed by atoms with Crippen molar-refractivity contribution in [3.63, 3.8) is 0 Å². The number of aromatic nitrogens is 1. The highest BCUT2D eigenvalue weighted by Crippen LogP contribution is 2.42. The molecule has 1 aliphatic heterocycles. The van der Waals surface area contributed by atoms with E-state index in [9.17, 15) is 0 Å². The second-order valence-corrected chi connectivity index (χ2v) is 23.8. The third kappa shape index (κ3) is 5.16. The molecular weight excluding hydrogens is 751 g/mol. The topological polar surface area (TPSA) is 4.93 Å². The highest BCUT2D eigenvalue weighted by molar-refractivity contribution is 8.00. The molecule has 0 bridgehead atoms. The highest BCUT2D eigenvalue weighted by atomic mass is 32.2. The Labute approximate surface area is 345 Å². The maximum absolute atomic E-state index is 2.75. The number of fused-ring (bicyclic) bond motifs is 6. The molecule has 0 N–H and O–H groups in total. The highest BCUT2D eigenvalue weighted by Gasteiger charge is 2.48. The number of para-hydroxylation sites is 1. The van der Waals surface area contributed by atoms with E-state index in [2.05, 4.69) is 241 Å². The molecule has 0 radical (unpaired) electrons. The van der Waals surface area contributed by atoms with Crippen LogP contribution in [0.25, 0.3) is 27.5 Å². The number of rotatable bonds is 7. The zero-order valence-corrected chi connectivity index (χ0v) is 34.7. The molecule has 0 saturated carbocycles. The second kappa shape index (κ2) is 14.2. The Morgan fingerprint density at radius 1 is 0.379 bits per heavy atom. The Morgan fingerprint density at radius 3 is 1.48 bits per heavy atom. The lowest BCUT2D eigenvalue weighted by Crippen LogP contribution is -2.76. The van der Waals surface area contributed by atoms with Crippen LogP contribution >= 0.6 is 11.8 Å². The molecule has 0 spiro atoms. The first-order valence-corrected chi connectivity index (χ1v) is 24.8. The van der Waals surface area contributed by atoms with Crippen LogP contribution in [-0.2, 0) is 0 Å². The summed E-state index contributed by atoms with van der Waals surface area (Å²) >= 11 is 1.95. The van der Waals surface area contributed by atoms with Crippen LogP contribution in [0, 0.1) is 0 Å². The van der Waals surface area contributed by atoms with Gasteiger partial charge in [-0.1, -0.05) is 218 Å². The van der Waals surface area contributed by atoms with Gasteiger partial charge in [-0.05, 0) is 71.8 Å². The predicted molar refractivity (Wildman–Crippen MR) is 252 cm³/mol. The minimum absolute atomic E-state index is 1.18. The molecule has 1 aliphatic rings. The Kier molecular flexibility index (Phi) is 8.51. The fourth-order valence-electron chi connectivity index (χ4n) is 9.94. The molecule has 0 amide bonds. The second-order valence-electron chi connectivity index (χ2n) is 15.2. The van der Waals surface area contributed by atoms with Crippen LogP contribution in [0.3, 0.4) is 0 Å². The molecule has 4 heteroatoms. The van der Waals surface area contributed by atoms with Gasteiger partial charge in [0.25, 0.3) is 0 Å². The van der Waals surface area contributed by atoms with Gasteiger partial charge in [0.15, 0.2) is 16.1 Å². The lowest BCUT2D eigenvalue weighted by molar-refractivity contribution is 1.18. The van der Waals surface area contributed by atoms with Gasteiger partial charge >= 0.3 is 0 Å². The van der Waals surface area contributed by atoms with Gasteiger partial charge in [-0.25, -0.2) is 0 Å². The Balaban J connectivity index is 1.22. The molecule has 0 aliphatic carbocycles. The molecule has 0 fully saturated rings. The summed E-state index contributed by atoms with van der Waals surface area (Å²) in [4.78, 5) is 2.73. The first-order chi connectivity index (χ1) is 28.8. The molecule has 11 rings (SSSR count). The first kappa shape index (κ1) is 34.8. The Bertz CT molecular complexity index is 2940. The lowest BCUT2D eigenvalue weighted by atomic mass is 10.1. The lowest BCUT2D eigenvalue weighted by Gasteiger charge is -2.40. The van der Waals surface area contributed by atoms with Gasteiger partial charge in [-0.15, -0.1) is 0 Å². The van der Waals surface area contributed by atoms with E-state index in [1.807, 2.05) is 11.8 Å². The summed E-state index contributed by atoms with van der Waals surface area (Å²) in [7, 11) is -5.47. The van der Waals surface area contributed by atoms with Gasteiger partial charge in [0.1, 0.15) is 0 Å². The van der Waals surface area contributed by atoms with Crippen molar-refractivity contribution in [1.82, 2.24) is 4.57 Å². The summed E-state index contributed by atoms with van der Waals surface area (Å²) in [6.07, 6.45) is 0. The molecule has 9 aromatic carbocycles. The van der Waals surface area contributed by atoms with Crippen LogP contribution in [0.5, 0.6) is 0 Å². The number of benzene rings is 9. The van der Waals surface area contributed by atoms with Crippen molar-refractivity contribution in [1.29, 1.82) is 0 Å². The summed E-state index contributed by atoms with van der Waals surface area (Å²) in [5.74, 6) is 0. The van der Waals surface area contributed by atoms with Gasteiger partial charge in [0, 0.05) is 26.3 Å². The largest absolute Gasteiger partial charge is 0.309 e. The summed E-state index contributed by atoms with van der Waals surface area (Å²) in [6.45, 7) is 0. The summed E-state index contributed by atoms with van der Waals surface area (Å²) in [6, 6.07) is 89.0. The third-order valence-electron chi connectivity index (χ3n) is 12.3. The van der Waals surface area contributed by atoms with Crippen LogP contribution < -0.4 is 41.5 Å². The SMILES string of the molecule is c1ccc([Si](c2ccccc2)(c2ccccc2)c2cccc(-n3c4ccccc4c4c5c(ccc43)[Si](c3ccccc3)(c3ccccc3)c3ccccc3S5)c2)cc1. The van der Waals surface area contributed by atoms with Crippen LogP contribution in [-0.4, -0.2) is 20.7 Å². The van der Waals surface area contributed by atoms with Crippen molar-refractivity contribution in [2.45, 2.75) is 9.79 Å². The van der Waals surface area contributed by atoms with Crippen LogP contribution in [0.1, 0.15) is 0 Å². The van der Waals surface area contributed by atoms with E-state index in [4.69, 9.17) is 0 Å². The van der Waals surface area contributed by atoms with E-state index in [0.29, 0.717) is 0 Å². The average molecular weight is 790 g/mol. The van der Waals surface area contributed by atoms with Crippen molar-refractivity contribution >= 4 is 91.2 Å². The van der Waals surface area contributed by atoms with Crippen molar-refractivity contribution in [2.24, 2.45) is 0 Å². The van der Waals surface area contributed by atoms with Crippen molar-refractivity contribution in [3.8, 4) is 5.69 Å². The smallest absolute Gasteiger partial charge is 0.181 e. The Morgan fingerprint density at radius 2 is 0.879 bits per heavy atom. The summed E-state index contributed by atoms with van der Waals surface area (Å²) in [5.41, 5.74) is 3.64. The normalized spacial score (nSPS) is 13.2. The molecular formula is C54H39NSSi2. The summed E-state index contributed by atoms with van der Waals surface area (Å²) in [5, 5.41) is 13.8. The molecule has 2 heterocycles. The van der Waals surface area contributed by atoms with Gasteiger partial charge in [-0.2, -0.15) is 0 Å². The quantitative estimate of drug-likeness (QED) is 0.117. The zero-order chi connectivity index (χ0) is 38.5. The zero-order valence-electron chi connectivity index (χ0n) is 31.9. The molecule has 1 aromatic heterocycles. The fourth-order valence-corrected chi connectivity index (χ4v) is 21.8. The first-order valence-electron chi connectivity index (χ1n) is 20.0. The van der Waals surface area contributed by atoms with E-state index < -0.39 is 16.1 Å². The van der Waals surface area contributed by atoms with Crippen molar-refractivity contribution < 1.29 is 0 Å². The Hall–Kier alpha value is -6.44. The maximum Gasteiger partial charge on any atom is 0.181 e. The molecule has 0 atom stereocenters. The minimum atomic E-state index is -2.75. The van der Waals surface area contributed by atoms with E-state index in [-0.39, 0.29) is 0 Å². The number of hydrogen-bond donors (Lipinski definition) is 0. The molecule has 58 heavy (non-hydrogen) atoms. The molecule has 0 unspecified atom stereocenters. The van der Waals surface area contributed by atoms with E-state index in [0.717, 1.165) is 0 Å². The maximum atomic E-state index is 2.53. The predicted octanol–water partition coefficient (Wildman–Crippen LogP) is 8.00. The molecule has 0 saturated heterocycles. The van der Waals surface area contributed by atoms with E-state index in [1.54, 1.807) is 0 Å². The summed E-state index contributed by atoms with van der Waals surface area (Å²) < 4.78 is 2.53. The van der Waals surface area contributed by atoms with E-state index >= 15 is 0 Å². The average Bonchev–Trinajstić information content (AvgIpc) is 3.65. The van der Waals surface area contributed by atoms with Crippen molar-refractivity contribution in [2.75, 3.05) is 0 Å². The fraction of sp³-hybridized carbons (Fsp3) is 0. The molecule has 274 valence electrons. The number of hydrogen-bond acceptors (Lipinski definition) is 1. The van der Waals surface area contributed by atoms with Gasteiger partial charge < -0.3 is 4.57 Å². The molecule has 10 aromatic rings. The minimum Gasteiger partial charge on any atom is -0.309 e. The standard InChI is InChI=1S/C54H39NSSi2/c1-6-22-41(23-7-1)57(42-24-8-2-9-25-42,43-26-10-3-11-27-43)46-32-20-21-40(39-46)55-48-34-17-16-33-47(48)53-49(55)37-38-52-54(53)56-50-35-18-19-36-51(50)58(52,44-28-12-4-13-29-44)45-30-14-5-15-31-45/h1-39H. The van der Waals surface area contributed by atoms with Crippen LogP contribution in [0.2, 0.25) is 0 Å². The molecule has 1 nitrogen and oxygen atoms in total. The van der Waals surface area contributed by atoms with E-state index in [1.165, 1.54) is 78.8 Å². The van der Waals surface area contributed by atoms with Crippen molar-refractivity contribution in [3.05, 3.63) is 237 Å².